The standard InChI is InChI=1S/C15H23N3O/c1-3-19-15(9-4-5-10-15)14-17-12-8-6-7-11(12)13(16-2)18-14/h3-10H2,1-2H3,(H,16,17,18). The van der Waals surface area contributed by atoms with E-state index in [1.165, 1.54) is 30.5 Å². The summed E-state index contributed by atoms with van der Waals surface area (Å²) in [6.45, 7) is 2.79. The third kappa shape index (κ3) is 2.12. The Bertz CT molecular complexity index is 467. The third-order valence-electron chi connectivity index (χ3n) is 4.41. The normalized spacial score (nSPS) is 20.5. The molecule has 1 N–H and O–H groups in total. The van der Waals surface area contributed by atoms with Gasteiger partial charge in [-0.1, -0.05) is 0 Å². The summed E-state index contributed by atoms with van der Waals surface area (Å²) in [6.07, 6.45) is 7.94. The molecule has 2 aliphatic carbocycles. The molecular formula is C15H23N3O. The van der Waals surface area contributed by atoms with Crippen molar-refractivity contribution in [3.05, 3.63) is 17.1 Å². The largest absolute Gasteiger partial charge is 0.373 e. The SMILES string of the molecule is CCOC1(c2nc3c(c(NC)n2)CCC3)CCCC1. The van der Waals surface area contributed by atoms with E-state index in [0.29, 0.717) is 0 Å². The van der Waals surface area contributed by atoms with E-state index in [2.05, 4.69) is 12.2 Å². The van der Waals surface area contributed by atoms with Crippen molar-refractivity contribution in [1.29, 1.82) is 0 Å². The lowest BCUT2D eigenvalue weighted by atomic mass is 10.0. The van der Waals surface area contributed by atoms with Gasteiger partial charge in [-0.05, 0) is 51.9 Å². The molecule has 0 amide bonds. The molecule has 104 valence electrons. The van der Waals surface area contributed by atoms with Crippen LogP contribution < -0.4 is 5.32 Å². The van der Waals surface area contributed by atoms with Crippen molar-refractivity contribution in [2.75, 3.05) is 19.0 Å². The first-order valence-electron chi connectivity index (χ1n) is 7.51. The summed E-state index contributed by atoms with van der Waals surface area (Å²) < 4.78 is 6.08. The van der Waals surface area contributed by atoms with Crippen molar-refractivity contribution in [2.24, 2.45) is 0 Å². The topological polar surface area (TPSA) is 47.0 Å². The summed E-state index contributed by atoms with van der Waals surface area (Å²) in [6, 6.07) is 0. The second kappa shape index (κ2) is 5.08. The summed E-state index contributed by atoms with van der Waals surface area (Å²) in [5.41, 5.74) is 2.33. The van der Waals surface area contributed by atoms with Gasteiger partial charge in [0.25, 0.3) is 0 Å². The highest BCUT2D eigenvalue weighted by atomic mass is 16.5. The van der Waals surface area contributed by atoms with Crippen LogP contribution in [0, 0.1) is 0 Å². The Labute approximate surface area is 115 Å². The van der Waals surface area contributed by atoms with Crippen LogP contribution >= 0.6 is 0 Å². The Hall–Kier alpha value is -1.16. The number of aryl methyl sites for hydroxylation is 1. The van der Waals surface area contributed by atoms with Crippen LogP contribution in [0.5, 0.6) is 0 Å². The van der Waals surface area contributed by atoms with Crippen LogP contribution in [0.15, 0.2) is 0 Å². The number of ether oxygens (including phenoxy) is 1. The molecule has 4 nitrogen and oxygen atoms in total. The molecule has 0 spiro atoms. The lowest BCUT2D eigenvalue weighted by molar-refractivity contribution is -0.0457. The van der Waals surface area contributed by atoms with E-state index in [9.17, 15) is 0 Å². The molecule has 1 aromatic heterocycles. The van der Waals surface area contributed by atoms with Crippen molar-refractivity contribution < 1.29 is 4.74 Å². The number of aromatic nitrogens is 2. The lowest BCUT2D eigenvalue weighted by Crippen LogP contribution is -2.29. The number of nitrogens with one attached hydrogen (secondary N) is 1. The van der Waals surface area contributed by atoms with Gasteiger partial charge in [-0.3, -0.25) is 0 Å². The van der Waals surface area contributed by atoms with Crippen LogP contribution in [0.2, 0.25) is 0 Å². The molecule has 0 unspecified atom stereocenters. The molecule has 2 aliphatic rings. The van der Waals surface area contributed by atoms with Crippen LogP contribution in [0.4, 0.5) is 5.82 Å². The summed E-state index contributed by atoms with van der Waals surface area (Å²) in [5, 5.41) is 3.24. The van der Waals surface area contributed by atoms with Gasteiger partial charge in [-0.2, -0.15) is 0 Å². The predicted octanol–water partition coefficient (Wildman–Crippen LogP) is 2.81. The monoisotopic (exact) mass is 261 g/mol. The van der Waals surface area contributed by atoms with Crippen molar-refractivity contribution >= 4 is 5.82 Å². The molecule has 0 aliphatic heterocycles. The highest BCUT2D eigenvalue weighted by Crippen LogP contribution is 2.42. The Balaban J connectivity index is 2.04. The average molecular weight is 261 g/mol. The number of hydrogen-bond donors (Lipinski definition) is 1. The minimum absolute atomic E-state index is 0.224. The zero-order valence-electron chi connectivity index (χ0n) is 12.0. The average Bonchev–Trinajstić information content (AvgIpc) is 3.06. The number of anilines is 1. The molecule has 1 fully saturated rings. The van der Waals surface area contributed by atoms with Gasteiger partial charge < -0.3 is 10.1 Å². The van der Waals surface area contributed by atoms with E-state index in [-0.39, 0.29) is 5.60 Å². The van der Waals surface area contributed by atoms with Gasteiger partial charge in [0.05, 0.1) is 0 Å². The van der Waals surface area contributed by atoms with E-state index in [0.717, 1.165) is 43.9 Å². The van der Waals surface area contributed by atoms with Crippen LogP contribution in [0.25, 0.3) is 0 Å². The molecule has 1 heterocycles. The Morgan fingerprint density at radius 2 is 1.95 bits per heavy atom. The van der Waals surface area contributed by atoms with Crippen LogP contribution in [0.1, 0.15) is 56.1 Å². The molecule has 0 aromatic carbocycles. The van der Waals surface area contributed by atoms with E-state index < -0.39 is 0 Å². The zero-order valence-corrected chi connectivity index (χ0v) is 12.0. The maximum atomic E-state index is 6.08. The van der Waals surface area contributed by atoms with Gasteiger partial charge in [0.15, 0.2) is 5.82 Å². The maximum Gasteiger partial charge on any atom is 0.162 e. The summed E-state index contributed by atoms with van der Waals surface area (Å²) in [4.78, 5) is 9.65. The fourth-order valence-electron chi connectivity index (χ4n) is 3.50. The molecule has 1 saturated carbocycles. The van der Waals surface area contributed by atoms with Gasteiger partial charge in [-0.15, -0.1) is 0 Å². The third-order valence-corrected chi connectivity index (χ3v) is 4.41. The summed E-state index contributed by atoms with van der Waals surface area (Å²) in [5.74, 6) is 1.93. The quantitative estimate of drug-likeness (QED) is 0.905. The number of nitrogens with zero attached hydrogens (tertiary/aromatic N) is 2. The maximum absolute atomic E-state index is 6.08. The molecule has 19 heavy (non-hydrogen) atoms. The number of rotatable bonds is 4. The van der Waals surface area contributed by atoms with Gasteiger partial charge >= 0.3 is 0 Å². The van der Waals surface area contributed by atoms with Crippen molar-refractivity contribution in [1.82, 2.24) is 9.97 Å². The minimum atomic E-state index is -0.224. The van der Waals surface area contributed by atoms with Gasteiger partial charge in [0.2, 0.25) is 0 Å². The molecule has 0 bridgehead atoms. The second-order valence-electron chi connectivity index (χ2n) is 5.56. The predicted molar refractivity (Wildman–Crippen MR) is 75.4 cm³/mol. The van der Waals surface area contributed by atoms with Gasteiger partial charge in [-0.25, -0.2) is 9.97 Å². The molecule has 0 atom stereocenters. The molecule has 4 heteroatoms. The molecule has 3 rings (SSSR count). The van der Waals surface area contributed by atoms with E-state index >= 15 is 0 Å². The van der Waals surface area contributed by atoms with Gasteiger partial charge in [0.1, 0.15) is 11.4 Å². The highest BCUT2D eigenvalue weighted by Gasteiger charge is 2.40. The molecule has 0 saturated heterocycles. The number of hydrogen-bond acceptors (Lipinski definition) is 4. The van der Waals surface area contributed by atoms with Crippen molar-refractivity contribution in [2.45, 2.75) is 57.5 Å². The molecular weight excluding hydrogens is 238 g/mol. The van der Waals surface area contributed by atoms with Crippen LogP contribution in [-0.4, -0.2) is 23.6 Å². The highest BCUT2D eigenvalue weighted by molar-refractivity contribution is 5.48. The first-order valence-corrected chi connectivity index (χ1v) is 7.51. The molecule has 0 radical (unpaired) electrons. The summed E-state index contributed by atoms with van der Waals surface area (Å²) >= 11 is 0. The Morgan fingerprint density at radius 1 is 1.16 bits per heavy atom. The van der Waals surface area contributed by atoms with E-state index in [1.54, 1.807) is 0 Å². The van der Waals surface area contributed by atoms with E-state index in [1.807, 2.05) is 7.05 Å². The lowest BCUT2D eigenvalue weighted by Gasteiger charge is -2.28. The van der Waals surface area contributed by atoms with E-state index in [4.69, 9.17) is 14.7 Å². The minimum Gasteiger partial charge on any atom is -0.373 e. The summed E-state index contributed by atoms with van der Waals surface area (Å²) in [7, 11) is 1.95. The van der Waals surface area contributed by atoms with Gasteiger partial charge in [0, 0.05) is 24.9 Å². The fraction of sp³-hybridized carbons (Fsp3) is 0.733. The van der Waals surface area contributed by atoms with Crippen LogP contribution in [-0.2, 0) is 23.2 Å². The van der Waals surface area contributed by atoms with Crippen molar-refractivity contribution in [3.63, 3.8) is 0 Å². The first kappa shape index (κ1) is 12.9. The number of fused-ring (bicyclic) bond motifs is 1. The fourth-order valence-corrected chi connectivity index (χ4v) is 3.50. The second-order valence-corrected chi connectivity index (χ2v) is 5.56. The molecule has 1 aromatic rings. The Morgan fingerprint density at radius 3 is 2.63 bits per heavy atom. The van der Waals surface area contributed by atoms with Crippen molar-refractivity contribution in [3.8, 4) is 0 Å². The smallest absolute Gasteiger partial charge is 0.162 e. The van der Waals surface area contributed by atoms with Crippen LogP contribution in [0.3, 0.4) is 0 Å². The zero-order chi connectivity index (χ0) is 13.3. The first-order chi connectivity index (χ1) is 9.29. The Kier molecular flexibility index (Phi) is 3.44.